The largest absolute Gasteiger partial charge is 0.456 e. The van der Waals surface area contributed by atoms with Gasteiger partial charge in [0.05, 0.1) is 18.3 Å². The number of carbonyl (C=O) groups is 3. The van der Waals surface area contributed by atoms with Gasteiger partial charge in [0.2, 0.25) is 17.6 Å². The third-order valence-electron chi connectivity index (χ3n) is 5.00. The molecule has 2 aromatic rings. The smallest absolute Gasteiger partial charge is 0.308 e. The zero-order chi connectivity index (χ0) is 19.5. The number of hydrogen-bond donors (Lipinski definition) is 0. The topological polar surface area (TPSA) is 103 Å². The number of esters is 1. The molecule has 0 spiro atoms. The van der Waals surface area contributed by atoms with E-state index in [1.807, 2.05) is 42.5 Å². The summed E-state index contributed by atoms with van der Waals surface area (Å²) in [5.74, 6) is -0.915. The molecule has 28 heavy (non-hydrogen) atoms. The van der Waals surface area contributed by atoms with Gasteiger partial charge in [0.25, 0.3) is 5.89 Å². The Kier molecular flexibility index (Phi) is 5.01. The first-order chi connectivity index (χ1) is 13.6. The summed E-state index contributed by atoms with van der Waals surface area (Å²) in [7, 11) is 0. The highest BCUT2D eigenvalue weighted by Gasteiger charge is 2.46. The molecule has 4 rings (SSSR count). The molecule has 2 aliphatic rings. The third kappa shape index (κ3) is 3.58. The molecule has 0 unspecified atom stereocenters. The van der Waals surface area contributed by atoms with E-state index in [1.54, 1.807) is 0 Å². The van der Waals surface area contributed by atoms with E-state index < -0.39 is 5.97 Å². The lowest BCUT2D eigenvalue weighted by atomic mass is 9.85. The Hall–Kier alpha value is -3.29. The van der Waals surface area contributed by atoms with Crippen molar-refractivity contribution < 1.29 is 23.6 Å². The SMILES string of the molecule is O=C(CCN1C(=O)[C@H]2CC=CC[C@@H]2C1=O)OCc1nc(-c2ccccc2)no1. The van der Waals surface area contributed by atoms with E-state index in [0.717, 1.165) is 5.56 Å². The summed E-state index contributed by atoms with van der Waals surface area (Å²) in [6.07, 6.45) is 4.95. The number of imide groups is 1. The molecule has 1 saturated heterocycles. The Bertz CT molecular complexity index is 895. The second-order valence-corrected chi connectivity index (χ2v) is 6.77. The number of amides is 2. The molecule has 144 valence electrons. The van der Waals surface area contributed by atoms with Gasteiger partial charge >= 0.3 is 5.97 Å². The van der Waals surface area contributed by atoms with Crippen LogP contribution >= 0.6 is 0 Å². The van der Waals surface area contributed by atoms with Crippen LogP contribution in [0.5, 0.6) is 0 Å². The maximum Gasteiger partial charge on any atom is 0.308 e. The number of carbonyl (C=O) groups excluding carboxylic acids is 3. The van der Waals surface area contributed by atoms with E-state index in [1.165, 1.54) is 4.90 Å². The number of ether oxygens (including phenoxy) is 1. The van der Waals surface area contributed by atoms with Crippen LogP contribution in [0, 0.1) is 11.8 Å². The van der Waals surface area contributed by atoms with Crippen molar-refractivity contribution in [1.29, 1.82) is 0 Å². The molecule has 2 amide bonds. The standard InChI is InChI=1S/C20H19N3O5/c24-17(10-11-23-19(25)14-8-4-5-9-15(14)20(23)26)27-12-16-21-18(22-28-16)13-6-2-1-3-7-13/h1-7,14-15H,8-12H2/t14-,15-/m0/s1. The van der Waals surface area contributed by atoms with E-state index in [4.69, 9.17) is 9.26 Å². The fraction of sp³-hybridized carbons (Fsp3) is 0.350. The van der Waals surface area contributed by atoms with Crippen molar-refractivity contribution in [3.8, 4) is 11.4 Å². The highest BCUT2D eigenvalue weighted by molar-refractivity contribution is 6.05. The molecule has 1 aromatic carbocycles. The van der Waals surface area contributed by atoms with Crippen LogP contribution in [-0.4, -0.2) is 39.4 Å². The second-order valence-electron chi connectivity index (χ2n) is 6.77. The lowest BCUT2D eigenvalue weighted by Gasteiger charge is -2.14. The van der Waals surface area contributed by atoms with Crippen LogP contribution in [0.15, 0.2) is 47.0 Å². The van der Waals surface area contributed by atoms with Crippen molar-refractivity contribution in [2.45, 2.75) is 25.9 Å². The summed E-state index contributed by atoms with van der Waals surface area (Å²) in [6.45, 7) is -0.127. The Labute approximate surface area is 161 Å². The molecule has 1 aliphatic carbocycles. The molecule has 1 fully saturated rings. The molecule has 1 aromatic heterocycles. The zero-order valence-electron chi connectivity index (χ0n) is 15.1. The Morgan fingerprint density at radius 3 is 2.46 bits per heavy atom. The van der Waals surface area contributed by atoms with Crippen molar-refractivity contribution in [1.82, 2.24) is 15.0 Å². The molecule has 0 N–H and O–H groups in total. The highest BCUT2D eigenvalue weighted by Crippen LogP contribution is 2.35. The first-order valence-corrected chi connectivity index (χ1v) is 9.17. The van der Waals surface area contributed by atoms with Crippen LogP contribution in [-0.2, 0) is 25.7 Å². The van der Waals surface area contributed by atoms with Crippen LogP contribution in [0.1, 0.15) is 25.2 Å². The number of aromatic nitrogens is 2. The maximum absolute atomic E-state index is 12.4. The van der Waals surface area contributed by atoms with E-state index in [-0.39, 0.29) is 49.1 Å². The van der Waals surface area contributed by atoms with E-state index >= 15 is 0 Å². The van der Waals surface area contributed by atoms with E-state index in [9.17, 15) is 14.4 Å². The minimum Gasteiger partial charge on any atom is -0.456 e. The molecule has 1 aliphatic heterocycles. The quantitative estimate of drug-likeness (QED) is 0.429. The average Bonchev–Trinajstić information content (AvgIpc) is 3.30. The summed E-state index contributed by atoms with van der Waals surface area (Å²) >= 11 is 0. The van der Waals surface area contributed by atoms with Gasteiger partial charge in [-0.05, 0) is 12.8 Å². The number of benzene rings is 1. The first-order valence-electron chi connectivity index (χ1n) is 9.17. The number of likely N-dealkylation sites (tertiary alicyclic amines) is 1. The van der Waals surface area contributed by atoms with Gasteiger partial charge in [-0.1, -0.05) is 47.6 Å². The lowest BCUT2D eigenvalue weighted by molar-refractivity contribution is -0.147. The van der Waals surface area contributed by atoms with Crippen LogP contribution in [0.4, 0.5) is 0 Å². The van der Waals surface area contributed by atoms with Gasteiger partial charge in [-0.25, -0.2) is 0 Å². The molecule has 0 radical (unpaired) electrons. The number of fused-ring (bicyclic) bond motifs is 1. The normalized spacial score (nSPS) is 21.1. The van der Waals surface area contributed by atoms with Crippen molar-refractivity contribution in [2.24, 2.45) is 11.8 Å². The first kappa shape index (κ1) is 18.1. The molecule has 0 bridgehead atoms. The molecule has 2 atom stereocenters. The molecular weight excluding hydrogens is 362 g/mol. The average molecular weight is 381 g/mol. The van der Waals surface area contributed by atoms with Crippen molar-refractivity contribution >= 4 is 17.8 Å². The fourth-order valence-electron chi connectivity index (χ4n) is 3.52. The van der Waals surface area contributed by atoms with Gasteiger partial charge in [0.1, 0.15) is 0 Å². The number of hydrogen-bond acceptors (Lipinski definition) is 7. The Morgan fingerprint density at radius 2 is 1.79 bits per heavy atom. The second kappa shape index (κ2) is 7.75. The van der Waals surface area contributed by atoms with Gasteiger partial charge in [-0.15, -0.1) is 0 Å². The van der Waals surface area contributed by atoms with Gasteiger partial charge in [-0.3, -0.25) is 19.3 Å². The third-order valence-corrected chi connectivity index (χ3v) is 5.00. The van der Waals surface area contributed by atoms with Crippen LogP contribution in [0.3, 0.4) is 0 Å². The van der Waals surface area contributed by atoms with Gasteiger partial charge in [-0.2, -0.15) is 4.98 Å². The monoisotopic (exact) mass is 381 g/mol. The predicted molar refractivity (Wildman–Crippen MR) is 96.2 cm³/mol. The zero-order valence-corrected chi connectivity index (χ0v) is 15.1. The number of allylic oxidation sites excluding steroid dienone is 2. The van der Waals surface area contributed by atoms with Crippen LogP contribution in [0.2, 0.25) is 0 Å². The van der Waals surface area contributed by atoms with Crippen molar-refractivity contribution in [3.63, 3.8) is 0 Å². The molecule has 8 heteroatoms. The lowest BCUT2D eigenvalue weighted by Crippen LogP contribution is -2.33. The van der Waals surface area contributed by atoms with E-state index in [2.05, 4.69) is 10.1 Å². The summed E-state index contributed by atoms with van der Waals surface area (Å²) < 4.78 is 10.2. The van der Waals surface area contributed by atoms with Crippen molar-refractivity contribution in [2.75, 3.05) is 6.54 Å². The Morgan fingerprint density at radius 1 is 1.11 bits per heavy atom. The van der Waals surface area contributed by atoms with Gasteiger partial charge in [0.15, 0.2) is 6.61 Å². The summed E-state index contributed by atoms with van der Waals surface area (Å²) in [5.41, 5.74) is 0.797. The molecule has 8 nitrogen and oxygen atoms in total. The minimum atomic E-state index is -0.534. The summed E-state index contributed by atoms with van der Waals surface area (Å²) in [4.78, 5) is 42.1. The molecule has 0 saturated carbocycles. The van der Waals surface area contributed by atoms with Gasteiger partial charge < -0.3 is 9.26 Å². The number of rotatable bonds is 6. The van der Waals surface area contributed by atoms with Gasteiger partial charge in [0, 0.05) is 12.1 Å². The molecule has 2 heterocycles. The summed E-state index contributed by atoms with van der Waals surface area (Å²) in [5, 5.41) is 3.85. The van der Waals surface area contributed by atoms with E-state index in [0.29, 0.717) is 18.7 Å². The fourth-order valence-corrected chi connectivity index (χ4v) is 3.52. The minimum absolute atomic E-state index is 0.0304. The number of nitrogens with zero attached hydrogens (tertiary/aromatic N) is 3. The maximum atomic E-state index is 12.4. The summed E-state index contributed by atoms with van der Waals surface area (Å²) in [6, 6.07) is 9.29. The van der Waals surface area contributed by atoms with Crippen LogP contribution < -0.4 is 0 Å². The molecular formula is C20H19N3O5. The van der Waals surface area contributed by atoms with Crippen molar-refractivity contribution in [3.05, 3.63) is 48.4 Å². The Balaban J connectivity index is 1.27. The predicted octanol–water partition coefficient (Wildman–Crippen LogP) is 2.12. The van der Waals surface area contributed by atoms with Crippen LogP contribution in [0.25, 0.3) is 11.4 Å². The highest BCUT2D eigenvalue weighted by atomic mass is 16.6.